The maximum absolute atomic E-state index is 6.02. The van der Waals surface area contributed by atoms with Crippen LogP contribution in [0.2, 0.25) is 0 Å². The molecule has 3 nitrogen and oxygen atoms in total. The zero-order chi connectivity index (χ0) is 12.5. The lowest BCUT2D eigenvalue weighted by Gasteiger charge is -2.20. The molecule has 0 amide bonds. The van der Waals surface area contributed by atoms with E-state index in [1.807, 2.05) is 0 Å². The molecule has 2 N–H and O–H groups in total. The van der Waals surface area contributed by atoms with Gasteiger partial charge in [0.25, 0.3) is 0 Å². The molecule has 3 heteroatoms. The van der Waals surface area contributed by atoms with Gasteiger partial charge in [0.05, 0.1) is 0 Å². The van der Waals surface area contributed by atoms with E-state index < -0.39 is 0 Å². The van der Waals surface area contributed by atoms with E-state index in [2.05, 4.69) is 30.0 Å². The molecule has 0 spiro atoms. The number of hydrogen-bond donors (Lipinski definition) is 1. The van der Waals surface area contributed by atoms with Gasteiger partial charge in [0, 0.05) is 19.5 Å². The van der Waals surface area contributed by atoms with E-state index >= 15 is 0 Å². The second kappa shape index (κ2) is 4.90. The summed E-state index contributed by atoms with van der Waals surface area (Å²) in [5.74, 6) is 1.77. The molecule has 1 saturated heterocycles. The average molecular weight is 246 g/mol. The Morgan fingerprint density at radius 3 is 3.11 bits per heavy atom. The van der Waals surface area contributed by atoms with Crippen molar-refractivity contribution in [2.75, 3.05) is 26.2 Å². The molecule has 18 heavy (non-hydrogen) atoms. The highest BCUT2D eigenvalue weighted by Gasteiger charge is 2.28. The topological polar surface area (TPSA) is 38.5 Å². The molecule has 2 heterocycles. The minimum absolute atomic E-state index is 0.332. The number of ether oxygens (including phenoxy) is 1. The fourth-order valence-corrected chi connectivity index (χ4v) is 3.11. The second-order valence-electron chi connectivity index (χ2n) is 5.71. The fourth-order valence-electron chi connectivity index (χ4n) is 3.11. The highest BCUT2D eigenvalue weighted by atomic mass is 16.5. The summed E-state index contributed by atoms with van der Waals surface area (Å²) >= 11 is 0. The van der Waals surface area contributed by atoms with Crippen LogP contribution in [0.4, 0.5) is 0 Å². The van der Waals surface area contributed by atoms with Gasteiger partial charge >= 0.3 is 0 Å². The fraction of sp³-hybridized carbons (Fsp3) is 0.600. The Morgan fingerprint density at radius 2 is 2.33 bits per heavy atom. The molecule has 1 aromatic carbocycles. The van der Waals surface area contributed by atoms with Crippen molar-refractivity contribution in [2.24, 2.45) is 11.7 Å². The molecule has 3 rings (SSSR count). The van der Waals surface area contributed by atoms with Crippen molar-refractivity contribution in [1.29, 1.82) is 0 Å². The number of likely N-dealkylation sites (tertiary alicyclic amines) is 1. The van der Waals surface area contributed by atoms with Crippen molar-refractivity contribution in [3.8, 4) is 5.75 Å². The quantitative estimate of drug-likeness (QED) is 0.880. The summed E-state index contributed by atoms with van der Waals surface area (Å²) in [6, 6.07) is 6.49. The van der Waals surface area contributed by atoms with Crippen molar-refractivity contribution in [3.63, 3.8) is 0 Å². The van der Waals surface area contributed by atoms with Crippen LogP contribution in [0.15, 0.2) is 18.2 Å². The van der Waals surface area contributed by atoms with Gasteiger partial charge in [-0.3, -0.25) is 4.90 Å². The number of fused-ring (bicyclic) bond motifs is 1. The summed E-state index contributed by atoms with van der Waals surface area (Å²) in [5, 5.41) is 0. The van der Waals surface area contributed by atoms with Gasteiger partial charge in [0.15, 0.2) is 0 Å². The van der Waals surface area contributed by atoms with E-state index in [0.717, 1.165) is 31.8 Å². The van der Waals surface area contributed by atoms with Gasteiger partial charge in [0.1, 0.15) is 11.9 Å². The van der Waals surface area contributed by atoms with Crippen molar-refractivity contribution in [3.05, 3.63) is 29.3 Å². The molecule has 0 bridgehead atoms. The molecular formula is C15H22N2O. The Bertz CT molecular complexity index is 433. The second-order valence-corrected chi connectivity index (χ2v) is 5.71. The third-order valence-electron chi connectivity index (χ3n) is 4.12. The molecule has 1 fully saturated rings. The molecule has 0 radical (unpaired) electrons. The van der Waals surface area contributed by atoms with Gasteiger partial charge in [-0.2, -0.15) is 0 Å². The van der Waals surface area contributed by atoms with E-state index in [1.165, 1.54) is 24.1 Å². The van der Waals surface area contributed by atoms with Crippen LogP contribution in [0.25, 0.3) is 0 Å². The van der Waals surface area contributed by atoms with Gasteiger partial charge in [-0.05, 0) is 44.0 Å². The molecule has 2 aliphatic heterocycles. The first kappa shape index (κ1) is 12.0. The molecule has 2 unspecified atom stereocenters. The molecule has 0 saturated carbocycles. The third kappa shape index (κ3) is 2.38. The normalized spacial score (nSPS) is 27.2. The number of benzene rings is 1. The van der Waals surface area contributed by atoms with Gasteiger partial charge in [-0.25, -0.2) is 0 Å². The Morgan fingerprint density at radius 1 is 1.44 bits per heavy atom. The van der Waals surface area contributed by atoms with Gasteiger partial charge in [-0.1, -0.05) is 17.7 Å². The summed E-state index contributed by atoms with van der Waals surface area (Å²) < 4.78 is 6.02. The Kier molecular flexibility index (Phi) is 3.27. The molecule has 0 aliphatic carbocycles. The van der Waals surface area contributed by atoms with Gasteiger partial charge < -0.3 is 10.5 Å². The summed E-state index contributed by atoms with van der Waals surface area (Å²) in [6.07, 6.45) is 2.63. The number of nitrogens with zero attached hydrogens (tertiary/aromatic N) is 1. The maximum atomic E-state index is 6.02. The zero-order valence-corrected chi connectivity index (χ0v) is 11.1. The predicted octanol–water partition coefficient (Wildman–Crippen LogP) is 1.58. The van der Waals surface area contributed by atoms with Crippen LogP contribution in [0.3, 0.4) is 0 Å². The van der Waals surface area contributed by atoms with E-state index in [0.29, 0.717) is 12.0 Å². The molecule has 2 atom stereocenters. The zero-order valence-electron chi connectivity index (χ0n) is 11.1. The molecule has 2 aliphatic rings. The van der Waals surface area contributed by atoms with Crippen LogP contribution in [0, 0.1) is 12.8 Å². The predicted molar refractivity (Wildman–Crippen MR) is 72.9 cm³/mol. The lowest BCUT2D eigenvalue weighted by atomic mass is 10.1. The van der Waals surface area contributed by atoms with Crippen LogP contribution >= 0.6 is 0 Å². The Balaban J connectivity index is 1.58. The van der Waals surface area contributed by atoms with E-state index in [9.17, 15) is 0 Å². The number of aryl methyl sites for hydroxylation is 1. The van der Waals surface area contributed by atoms with Crippen molar-refractivity contribution >= 4 is 0 Å². The highest BCUT2D eigenvalue weighted by molar-refractivity contribution is 5.40. The molecule has 0 aromatic heterocycles. The monoisotopic (exact) mass is 246 g/mol. The number of rotatable bonds is 3. The highest BCUT2D eigenvalue weighted by Crippen LogP contribution is 2.30. The first-order valence-corrected chi connectivity index (χ1v) is 6.93. The van der Waals surface area contributed by atoms with Crippen LogP contribution in [-0.4, -0.2) is 37.2 Å². The van der Waals surface area contributed by atoms with Crippen LogP contribution in [0.1, 0.15) is 17.5 Å². The molecule has 1 aromatic rings. The van der Waals surface area contributed by atoms with E-state index in [4.69, 9.17) is 10.5 Å². The smallest absolute Gasteiger partial charge is 0.123 e. The van der Waals surface area contributed by atoms with E-state index in [1.54, 1.807) is 0 Å². The van der Waals surface area contributed by atoms with Crippen LogP contribution in [0.5, 0.6) is 5.75 Å². The third-order valence-corrected chi connectivity index (χ3v) is 4.12. The van der Waals surface area contributed by atoms with Crippen LogP contribution < -0.4 is 10.5 Å². The largest absolute Gasteiger partial charge is 0.488 e. The first-order valence-electron chi connectivity index (χ1n) is 6.93. The maximum Gasteiger partial charge on any atom is 0.123 e. The first-order chi connectivity index (χ1) is 8.74. The average Bonchev–Trinajstić information content (AvgIpc) is 2.95. The summed E-state index contributed by atoms with van der Waals surface area (Å²) in [7, 11) is 0. The van der Waals surface area contributed by atoms with E-state index in [-0.39, 0.29) is 0 Å². The Labute approximate surface area is 109 Å². The van der Waals surface area contributed by atoms with Crippen LogP contribution in [-0.2, 0) is 6.42 Å². The van der Waals surface area contributed by atoms with Crippen molar-refractivity contribution in [1.82, 2.24) is 4.90 Å². The Hall–Kier alpha value is -1.06. The summed E-state index contributed by atoms with van der Waals surface area (Å²) in [4.78, 5) is 2.50. The minimum atomic E-state index is 0.332. The lowest BCUT2D eigenvalue weighted by Crippen LogP contribution is -2.33. The van der Waals surface area contributed by atoms with Gasteiger partial charge in [-0.15, -0.1) is 0 Å². The minimum Gasteiger partial charge on any atom is -0.488 e. The number of nitrogens with two attached hydrogens (primary N) is 1. The number of hydrogen-bond acceptors (Lipinski definition) is 3. The van der Waals surface area contributed by atoms with Gasteiger partial charge in [0.2, 0.25) is 0 Å². The lowest BCUT2D eigenvalue weighted by molar-refractivity contribution is 0.165. The SMILES string of the molecule is Cc1ccc2c(c1)CC(CN1CCC(CN)C1)O2. The molecule has 98 valence electrons. The van der Waals surface area contributed by atoms with Crippen molar-refractivity contribution < 1.29 is 4.74 Å². The molecular weight excluding hydrogens is 224 g/mol. The van der Waals surface area contributed by atoms with Crippen molar-refractivity contribution in [2.45, 2.75) is 25.9 Å². The summed E-state index contributed by atoms with van der Waals surface area (Å²) in [5.41, 5.74) is 8.42. The standard InChI is InChI=1S/C15H22N2O/c1-11-2-3-15-13(6-11)7-14(18-15)10-17-5-4-12(8-16)9-17/h2-3,6,12,14H,4-5,7-10,16H2,1H3. The summed E-state index contributed by atoms with van der Waals surface area (Å²) in [6.45, 7) is 6.33.